The molecular formula is C11H14BrNO3S2. The molecule has 0 aliphatic carbocycles. The zero-order valence-electron chi connectivity index (χ0n) is 9.93. The molecular weight excluding hydrogens is 338 g/mol. The minimum atomic E-state index is -3.37. The van der Waals surface area contributed by atoms with Gasteiger partial charge in [-0.3, -0.25) is 0 Å². The number of nitrogens with zero attached hydrogens (tertiary/aromatic N) is 1. The number of ether oxygens (including phenoxy) is 1. The number of hydrogen-bond acceptors (Lipinski definition) is 4. The van der Waals surface area contributed by atoms with Crippen molar-refractivity contribution in [2.24, 2.45) is 0 Å². The molecule has 1 aromatic heterocycles. The van der Waals surface area contributed by atoms with E-state index in [1.54, 1.807) is 18.6 Å². The van der Waals surface area contributed by atoms with E-state index in [4.69, 9.17) is 4.74 Å². The summed E-state index contributed by atoms with van der Waals surface area (Å²) in [6, 6.07) is 1.76. The van der Waals surface area contributed by atoms with Gasteiger partial charge in [-0.25, -0.2) is 8.42 Å². The third-order valence-corrected chi connectivity index (χ3v) is 7.27. The normalized spacial score (nSPS) is 17.8. The number of methoxy groups -OCH3 is 1. The molecule has 0 saturated carbocycles. The van der Waals surface area contributed by atoms with Gasteiger partial charge in [0.25, 0.3) is 10.0 Å². The molecule has 18 heavy (non-hydrogen) atoms. The van der Waals surface area contributed by atoms with Crippen LogP contribution in [0.3, 0.4) is 0 Å². The highest BCUT2D eigenvalue weighted by molar-refractivity contribution is 9.10. The first-order valence-electron chi connectivity index (χ1n) is 5.45. The Morgan fingerprint density at radius 3 is 2.83 bits per heavy atom. The van der Waals surface area contributed by atoms with E-state index in [0.717, 1.165) is 12.0 Å². The van der Waals surface area contributed by atoms with Gasteiger partial charge in [0, 0.05) is 24.7 Å². The summed E-state index contributed by atoms with van der Waals surface area (Å²) < 4.78 is 32.3. The van der Waals surface area contributed by atoms with E-state index in [9.17, 15) is 8.42 Å². The summed E-state index contributed by atoms with van der Waals surface area (Å²) in [4.78, 5) is 0. The summed E-state index contributed by atoms with van der Waals surface area (Å²) in [5, 5.41) is 1.77. The van der Waals surface area contributed by atoms with Gasteiger partial charge in [0.15, 0.2) is 0 Å². The Labute approximate surface area is 119 Å². The third-order valence-electron chi connectivity index (χ3n) is 2.75. The summed E-state index contributed by atoms with van der Waals surface area (Å²) in [5.74, 6) is 0. The molecule has 4 nitrogen and oxygen atoms in total. The van der Waals surface area contributed by atoms with Crippen LogP contribution in [0.2, 0.25) is 0 Å². The van der Waals surface area contributed by atoms with Crippen LogP contribution in [0, 0.1) is 0 Å². The van der Waals surface area contributed by atoms with Crippen molar-refractivity contribution in [3.8, 4) is 0 Å². The molecule has 0 radical (unpaired) electrons. The highest BCUT2D eigenvalue weighted by Gasteiger charge is 2.28. The van der Waals surface area contributed by atoms with Gasteiger partial charge in [0.2, 0.25) is 0 Å². The molecule has 1 aliphatic heterocycles. The second-order valence-electron chi connectivity index (χ2n) is 3.96. The molecule has 0 unspecified atom stereocenters. The maximum atomic E-state index is 12.4. The lowest BCUT2D eigenvalue weighted by atomic mass is 10.1. The molecule has 1 aliphatic rings. The van der Waals surface area contributed by atoms with Crippen molar-refractivity contribution >= 4 is 37.3 Å². The van der Waals surface area contributed by atoms with Crippen molar-refractivity contribution < 1.29 is 13.2 Å². The van der Waals surface area contributed by atoms with E-state index >= 15 is 0 Å². The summed E-state index contributed by atoms with van der Waals surface area (Å²) >= 11 is 4.51. The van der Waals surface area contributed by atoms with Gasteiger partial charge in [-0.15, -0.1) is 11.3 Å². The summed E-state index contributed by atoms with van der Waals surface area (Å²) in [6.45, 7) is 1.52. The summed E-state index contributed by atoms with van der Waals surface area (Å²) in [5.41, 5.74) is 1.16. The van der Waals surface area contributed by atoms with Crippen LogP contribution in [0.15, 0.2) is 31.8 Å². The average molecular weight is 352 g/mol. The van der Waals surface area contributed by atoms with Crippen LogP contribution in [0.4, 0.5) is 0 Å². The highest BCUT2D eigenvalue weighted by Crippen LogP contribution is 2.31. The van der Waals surface area contributed by atoms with Crippen LogP contribution >= 0.6 is 27.3 Å². The van der Waals surface area contributed by atoms with Crippen LogP contribution in [0.1, 0.15) is 6.42 Å². The molecule has 1 aromatic rings. The Balaban J connectivity index is 2.17. The Hall–Kier alpha value is -0.210. The van der Waals surface area contributed by atoms with Crippen molar-refractivity contribution in [3.05, 3.63) is 27.6 Å². The maximum Gasteiger partial charge on any atom is 0.253 e. The number of sulfonamides is 1. The van der Waals surface area contributed by atoms with Gasteiger partial charge in [-0.2, -0.15) is 4.31 Å². The summed E-state index contributed by atoms with van der Waals surface area (Å²) in [6.07, 6.45) is 2.67. The van der Waals surface area contributed by atoms with Crippen molar-refractivity contribution in [2.45, 2.75) is 10.6 Å². The molecule has 0 aromatic carbocycles. The lowest BCUT2D eigenvalue weighted by Gasteiger charge is -2.25. The highest BCUT2D eigenvalue weighted by atomic mass is 79.9. The smallest absolute Gasteiger partial charge is 0.253 e. The fourth-order valence-corrected chi connectivity index (χ4v) is 5.64. The van der Waals surface area contributed by atoms with Crippen LogP contribution < -0.4 is 0 Å². The van der Waals surface area contributed by atoms with Crippen LogP contribution in [-0.2, 0) is 14.8 Å². The largest absolute Gasteiger partial charge is 0.380 e. The molecule has 0 atom stereocenters. The SMILES string of the molecule is COCC1=CCN(S(=O)(=O)c2sccc2Br)CC1. The van der Waals surface area contributed by atoms with Crippen molar-refractivity contribution in [1.29, 1.82) is 0 Å². The molecule has 0 saturated heterocycles. The zero-order valence-corrected chi connectivity index (χ0v) is 13.1. The van der Waals surface area contributed by atoms with E-state index in [0.29, 0.717) is 28.4 Å². The Bertz CT molecular complexity index is 550. The molecule has 0 amide bonds. The lowest BCUT2D eigenvalue weighted by Crippen LogP contribution is -2.35. The Morgan fingerprint density at radius 2 is 2.33 bits per heavy atom. The Morgan fingerprint density at radius 1 is 1.56 bits per heavy atom. The zero-order chi connectivity index (χ0) is 13.2. The van der Waals surface area contributed by atoms with E-state index < -0.39 is 10.0 Å². The van der Waals surface area contributed by atoms with Crippen molar-refractivity contribution in [2.75, 3.05) is 26.8 Å². The molecule has 0 N–H and O–H groups in total. The lowest BCUT2D eigenvalue weighted by molar-refractivity contribution is 0.219. The minimum Gasteiger partial charge on any atom is -0.380 e. The Kier molecular flexibility index (Phi) is 4.60. The average Bonchev–Trinajstić information content (AvgIpc) is 2.77. The van der Waals surface area contributed by atoms with Crippen LogP contribution in [0.5, 0.6) is 0 Å². The number of thiophene rings is 1. The molecule has 0 fully saturated rings. The number of hydrogen-bond donors (Lipinski definition) is 0. The predicted octanol–water partition coefficient (Wildman–Crippen LogP) is 2.48. The second-order valence-corrected chi connectivity index (χ2v) is 7.87. The monoisotopic (exact) mass is 351 g/mol. The third kappa shape index (κ3) is 2.85. The standard InChI is InChI=1S/C11H14BrNO3S2/c1-16-8-9-2-5-13(6-3-9)18(14,15)11-10(12)4-7-17-11/h2,4,7H,3,5-6,8H2,1H3. The first-order valence-corrected chi connectivity index (χ1v) is 8.57. The van der Waals surface area contributed by atoms with Gasteiger partial charge in [-0.1, -0.05) is 6.08 Å². The first-order chi connectivity index (χ1) is 8.55. The topological polar surface area (TPSA) is 46.6 Å². The van der Waals surface area contributed by atoms with Crippen LogP contribution in [-0.4, -0.2) is 39.5 Å². The number of rotatable bonds is 4. The van der Waals surface area contributed by atoms with Gasteiger partial charge in [0.1, 0.15) is 4.21 Å². The number of halogens is 1. The minimum absolute atomic E-state index is 0.381. The quantitative estimate of drug-likeness (QED) is 0.782. The summed E-state index contributed by atoms with van der Waals surface area (Å²) in [7, 11) is -1.72. The second kappa shape index (κ2) is 5.83. The van der Waals surface area contributed by atoms with E-state index in [1.165, 1.54) is 15.6 Å². The predicted molar refractivity (Wildman–Crippen MR) is 75.4 cm³/mol. The van der Waals surface area contributed by atoms with Crippen LogP contribution in [0.25, 0.3) is 0 Å². The molecule has 0 bridgehead atoms. The van der Waals surface area contributed by atoms with E-state index in [1.807, 2.05) is 6.08 Å². The van der Waals surface area contributed by atoms with Gasteiger partial charge in [0.05, 0.1) is 6.61 Å². The van der Waals surface area contributed by atoms with Crippen molar-refractivity contribution in [1.82, 2.24) is 4.31 Å². The van der Waals surface area contributed by atoms with Gasteiger partial charge >= 0.3 is 0 Å². The molecule has 2 rings (SSSR count). The molecule has 7 heteroatoms. The fraction of sp³-hybridized carbons (Fsp3) is 0.455. The first kappa shape index (κ1) is 14.2. The van der Waals surface area contributed by atoms with E-state index in [-0.39, 0.29) is 0 Å². The molecule has 0 spiro atoms. The molecule has 100 valence electrons. The van der Waals surface area contributed by atoms with E-state index in [2.05, 4.69) is 15.9 Å². The molecule has 2 heterocycles. The van der Waals surface area contributed by atoms with Gasteiger partial charge in [-0.05, 0) is 39.4 Å². The van der Waals surface area contributed by atoms with Crippen molar-refractivity contribution in [3.63, 3.8) is 0 Å². The fourth-order valence-electron chi connectivity index (χ4n) is 1.81. The maximum absolute atomic E-state index is 12.4. The van der Waals surface area contributed by atoms with Gasteiger partial charge < -0.3 is 4.74 Å².